The van der Waals surface area contributed by atoms with Gasteiger partial charge in [0.25, 0.3) is 5.91 Å². The molecule has 45 heavy (non-hydrogen) atoms. The van der Waals surface area contributed by atoms with Crippen LogP contribution in [0.1, 0.15) is 72.8 Å². The molecule has 3 rings (SSSR count). The third-order valence-corrected chi connectivity index (χ3v) is 7.30. The molecule has 2 aromatic carbocycles. The lowest BCUT2D eigenvalue weighted by Gasteiger charge is -2.18. The van der Waals surface area contributed by atoms with Gasteiger partial charge < -0.3 is 38.0 Å². The van der Waals surface area contributed by atoms with E-state index in [9.17, 15) is 19.8 Å². The van der Waals surface area contributed by atoms with Crippen LogP contribution in [0.5, 0.6) is 5.75 Å². The number of carbonyl (C=O) groups is 2. The minimum atomic E-state index is -0.770. The number of aromatic hydroxyl groups is 1. The number of phenolic OH excluding ortho intramolecular Hbond substituents is 1. The number of guanidine groups is 1. The summed E-state index contributed by atoms with van der Waals surface area (Å²) in [5, 5.41) is 28.7. The van der Waals surface area contributed by atoms with Crippen LogP contribution in [0.2, 0.25) is 5.15 Å². The van der Waals surface area contributed by atoms with Gasteiger partial charge in [-0.1, -0.05) is 41.9 Å². The minimum Gasteiger partial charge on any atom is -0.506 e. The predicted octanol–water partition coefficient (Wildman–Crippen LogP) is 3.06. The predicted molar refractivity (Wildman–Crippen MR) is 177 cm³/mol. The summed E-state index contributed by atoms with van der Waals surface area (Å²) in [6.45, 7) is 4.25. The Morgan fingerprint density at radius 1 is 1.00 bits per heavy atom. The number of nitrogen functional groups attached to an aromatic ring is 2. The molecule has 0 spiro atoms. The zero-order valence-corrected chi connectivity index (χ0v) is 26.3. The highest BCUT2D eigenvalue weighted by atomic mass is 35.5. The summed E-state index contributed by atoms with van der Waals surface area (Å²) in [6, 6.07) is 13.5. The van der Waals surface area contributed by atoms with E-state index < -0.39 is 12.0 Å². The number of hydrogen-bond acceptors (Lipinski definition) is 10. The van der Waals surface area contributed by atoms with Crippen LogP contribution in [0.4, 0.5) is 17.3 Å². The molecular formula is C31H42ClN9O4. The SMILES string of the molecule is CC(=O)Nc1cc([C@@H](O)CN[C@H](C)CCCc2ccc(CCCCN=C(N)NC(=O)c3nc(Cl)c(N)nc3N)cc2)ccc1O. The molecule has 0 radical (unpaired) electrons. The molecule has 0 aliphatic carbocycles. The number of benzene rings is 2. The molecular weight excluding hydrogens is 598 g/mol. The lowest BCUT2D eigenvalue weighted by molar-refractivity contribution is -0.114. The third kappa shape index (κ3) is 11.5. The van der Waals surface area contributed by atoms with E-state index in [1.165, 1.54) is 24.1 Å². The Bertz CT molecular complexity index is 1480. The fourth-order valence-corrected chi connectivity index (χ4v) is 4.66. The number of rotatable bonds is 15. The lowest BCUT2D eigenvalue weighted by atomic mass is 10.0. The van der Waals surface area contributed by atoms with Crippen molar-refractivity contribution in [3.8, 4) is 5.75 Å². The van der Waals surface area contributed by atoms with Crippen molar-refractivity contribution < 1.29 is 19.8 Å². The summed E-state index contributed by atoms with van der Waals surface area (Å²) in [5.74, 6) is -1.27. The van der Waals surface area contributed by atoms with E-state index >= 15 is 0 Å². The first kappa shape index (κ1) is 35.0. The number of aliphatic hydroxyl groups is 1. The van der Waals surface area contributed by atoms with E-state index in [4.69, 9.17) is 28.8 Å². The van der Waals surface area contributed by atoms with Gasteiger partial charge in [-0.25, -0.2) is 9.97 Å². The fraction of sp³-hybridized carbons (Fsp3) is 0.387. The number of nitrogens with one attached hydrogen (secondary N) is 3. The molecule has 0 aliphatic heterocycles. The number of nitrogens with two attached hydrogens (primary N) is 3. The molecule has 1 aromatic heterocycles. The van der Waals surface area contributed by atoms with Gasteiger partial charge in [0.15, 0.2) is 28.4 Å². The largest absolute Gasteiger partial charge is 0.506 e. The van der Waals surface area contributed by atoms with Crippen LogP contribution in [0.25, 0.3) is 0 Å². The number of amides is 2. The van der Waals surface area contributed by atoms with E-state index in [2.05, 4.69) is 62.1 Å². The first-order valence-corrected chi connectivity index (χ1v) is 15.1. The molecule has 2 atom stereocenters. The summed E-state index contributed by atoms with van der Waals surface area (Å²) < 4.78 is 0. The number of anilines is 3. The topological polar surface area (TPSA) is 227 Å². The van der Waals surface area contributed by atoms with Gasteiger partial charge in [-0.05, 0) is 74.3 Å². The van der Waals surface area contributed by atoms with E-state index in [0.717, 1.165) is 38.5 Å². The van der Waals surface area contributed by atoms with Gasteiger partial charge in [0, 0.05) is 26.1 Å². The average Bonchev–Trinajstić information content (AvgIpc) is 2.99. The molecule has 2 amide bonds. The quantitative estimate of drug-likeness (QED) is 0.0524. The highest BCUT2D eigenvalue weighted by molar-refractivity contribution is 6.31. The van der Waals surface area contributed by atoms with Crippen molar-refractivity contribution in [2.45, 2.75) is 64.5 Å². The minimum absolute atomic E-state index is 0.0447. The third-order valence-electron chi connectivity index (χ3n) is 7.02. The van der Waals surface area contributed by atoms with Crippen molar-refractivity contribution in [2.24, 2.45) is 10.7 Å². The van der Waals surface area contributed by atoms with Crippen LogP contribution in [0.15, 0.2) is 47.5 Å². The molecule has 0 aliphatic rings. The maximum Gasteiger partial charge on any atom is 0.280 e. The standard InChI is InChI=1S/C31H42ClN9O4/c1-18(37-17-25(44)22-13-14-24(43)23(16-22)38-19(2)42)6-5-8-21-11-9-20(10-12-21)7-3-4-15-36-31(35)41-30(45)26-28(33)40-29(34)27(32)39-26/h9-14,16,18,25,37,43-44H,3-8,15,17H2,1-2H3,(H,38,42)(H4,33,34,40)(H3,35,36,41,45)/t18-,25+/m1/s1. The van der Waals surface area contributed by atoms with Crippen molar-refractivity contribution in [2.75, 3.05) is 29.9 Å². The molecule has 1 heterocycles. The lowest BCUT2D eigenvalue weighted by Crippen LogP contribution is -2.38. The summed E-state index contributed by atoms with van der Waals surface area (Å²) >= 11 is 5.81. The van der Waals surface area contributed by atoms with E-state index in [1.54, 1.807) is 12.1 Å². The molecule has 13 nitrogen and oxygen atoms in total. The normalized spacial score (nSPS) is 12.8. The molecule has 0 saturated carbocycles. The van der Waals surface area contributed by atoms with Crippen LogP contribution >= 0.6 is 11.6 Å². The monoisotopic (exact) mass is 639 g/mol. The second-order valence-corrected chi connectivity index (χ2v) is 11.2. The van der Waals surface area contributed by atoms with Crippen LogP contribution in [-0.4, -0.2) is 57.1 Å². The fourth-order valence-electron chi connectivity index (χ4n) is 4.53. The molecule has 0 bridgehead atoms. The van der Waals surface area contributed by atoms with Crippen molar-refractivity contribution in [3.63, 3.8) is 0 Å². The van der Waals surface area contributed by atoms with E-state index in [1.807, 2.05) is 0 Å². The van der Waals surface area contributed by atoms with Gasteiger partial charge in [0.05, 0.1) is 11.8 Å². The summed E-state index contributed by atoms with van der Waals surface area (Å²) in [6.07, 6.45) is 4.71. The Balaban J connectivity index is 1.31. The molecule has 3 aromatic rings. The summed E-state index contributed by atoms with van der Waals surface area (Å²) in [4.78, 5) is 35.4. The Morgan fingerprint density at radius 2 is 1.67 bits per heavy atom. The number of halogens is 1. The van der Waals surface area contributed by atoms with Crippen molar-refractivity contribution >= 4 is 46.7 Å². The first-order valence-electron chi connectivity index (χ1n) is 14.7. The number of nitrogens with zero attached hydrogens (tertiary/aromatic N) is 3. The number of aliphatic hydroxyl groups excluding tert-OH is 1. The Labute approximate surface area is 267 Å². The van der Waals surface area contributed by atoms with Crippen molar-refractivity contribution in [3.05, 3.63) is 70.0 Å². The van der Waals surface area contributed by atoms with Gasteiger partial charge in [0.2, 0.25) is 5.91 Å². The summed E-state index contributed by atoms with van der Waals surface area (Å²) in [7, 11) is 0. The van der Waals surface area contributed by atoms with E-state index in [-0.39, 0.29) is 51.8 Å². The number of phenols is 1. The maximum atomic E-state index is 12.3. The summed E-state index contributed by atoms with van der Waals surface area (Å²) in [5.41, 5.74) is 20.2. The Kier molecular flexibility index (Phi) is 13.3. The smallest absolute Gasteiger partial charge is 0.280 e. The maximum absolute atomic E-state index is 12.3. The number of hydrogen-bond donors (Lipinski definition) is 8. The molecule has 11 N–H and O–H groups in total. The number of aromatic nitrogens is 2. The molecule has 0 unspecified atom stereocenters. The number of aliphatic imine (C=N–C) groups is 1. The number of unbranched alkanes of at least 4 members (excludes halogenated alkanes) is 1. The zero-order chi connectivity index (χ0) is 32.9. The van der Waals surface area contributed by atoms with Gasteiger partial charge in [0.1, 0.15) is 5.75 Å². The second kappa shape index (κ2) is 17.1. The van der Waals surface area contributed by atoms with Gasteiger partial charge in [-0.3, -0.25) is 19.9 Å². The zero-order valence-electron chi connectivity index (χ0n) is 25.5. The number of carbonyl (C=O) groups excluding carboxylic acids is 2. The van der Waals surface area contributed by atoms with Crippen molar-refractivity contribution in [1.82, 2.24) is 20.6 Å². The average molecular weight is 640 g/mol. The first-order chi connectivity index (χ1) is 21.4. The van der Waals surface area contributed by atoms with Crippen LogP contribution in [0, 0.1) is 0 Å². The van der Waals surface area contributed by atoms with Crippen LogP contribution in [-0.2, 0) is 17.6 Å². The Hall–Kier alpha value is -4.46. The van der Waals surface area contributed by atoms with Crippen LogP contribution in [0.3, 0.4) is 0 Å². The highest BCUT2D eigenvalue weighted by Crippen LogP contribution is 2.27. The number of aryl methyl sites for hydroxylation is 2. The van der Waals surface area contributed by atoms with Crippen LogP contribution < -0.4 is 33.2 Å². The molecule has 0 fully saturated rings. The molecule has 0 saturated heterocycles. The molecule has 242 valence electrons. The van der Waals surface area contributed by atoms with Gasteiger partial charge >= 0.3 is 0 Å². The highest BCUT2D eigenvalue weighted by Gasteiger charge is 2.17. The Morgan fingerprint density at radius 3 is 2.33 bits per heavy atom. The second-order valence-electron chi connectivity index (χ2n) is 10.8. The van der Waals surface area contributed by atoms with Gasteiger partial charge in [-0.2, -0.15) is 0 Å². The van der Waals surface area contributed by atoms with Gasteiger partial charge in [-0.15, -0.1) is 0 Å². The van der Waals surface area contributed by atoms with Crippen molar-refractivity contribution in [1.29, 1.82) is 0 Å². The molecule has 14 heteroatoms. The van der Waals surface area contributed by atoms with E-state index in [0.29, 0.717) is 18.7 Å².